The Labute approximate surface area is 172 Å². The molecule has 0 aromatic carbocycles. The summed E-state index contributed by atoms with van der Waals surface area (Å²) in [4.78, 5) is 20.0. The molecule has 30 heavy (non-hydrogen) atoms. The van der Waals surface area contributed by atoms with Crippen molar-refractivity contribution in [2.24, 2.45) is 7.05 Å². The van der Waals surface area contributed by atoms with Crippen molar-refractivity contribution < 1.29 is 13.6 Å². The topological polar surface area (TPSA) is 68.3 Å². The molecule has 1 atom stereocenters. The smallest absolute Gasteiger partial charge is 0.280 e. The molecule has 4 heterocycles. The minimum atomic E-state index is -2.68. The number of halogens is 2. The average molecular weight is 414 g/mol. The molecule has 0 N–H and O–H groups in total. The van der Waals surface area contributed by atoms with Gasteiger partial charge in [-0.15, -0.1) is 0 Å². The van der Waals surface area contributed by atoms with Crippen LogP contribution in [0.3, 0.4) is 0 Å². The molecule has 1 aliphatic carbocycles. The highest BCUT2D eigenvalue weighted by molar-refractivity contribution is 6.00. The number of carbonyl (C=O) groups excluding carboxylic acids is 1. The van der Waals surface area contributed by atoms with Crippen molar-refractivity contribution in [3.05, 3.63) is 47.2 Å². The van der Waals surface area contributed by atoms with Crippen molar-refractivity contribution in [1.82, 2.24) is 29.3 Å². The molecule has 1 aliphatic heterocycles. The van der Waals surface area contributed by atoms with Crippen LogP contribution in [0.2, 0.25) is 0 Å². The molecule has 9 heteroatoms. The van der Waals surface area contributed by atoms with Gasteiger partial charge in [-0.2, -0.15) is 10.2 Å². The summed E-state index contributed by atoms with van der Waals surface area (Å²) in [5.41, 5.74) is 1.93. The average Bonchev–Trinajstić information content (AvgIpc) is 3.43. The molecule has 1 unspecified atom stereocenters. The lowest BCUT2D eigenvalue weighted by Crippen LogP contribution is -2.34. The maximum Gasteiger partial charge on any atom is 0.280 e. The summed E-state index contributed by atoms with van der Waals surface area (Å²) in [6, 6.07) is 1.34. The van der Waals surface area contributed by atoms with Crippen molar-refractivity contribution >= 4 is 11.6 Å². The van der Waals surface area contributed by atoms with Gasteiger partial charge in [0.25, 0.3) is 12.3 Å². The van der Waals surface area contributed by atoms with Gasteiger partial charge in [0.2, 0.25) is 0 Å². The van der Waals surface area contributed by atoms with E-state index in [9.17, 15) is 13.6 Å². The highest BCUT2D eigenvalue weighted by Gasteiger charge is 2.33. The Hall–Kier alpha value is -2.84. The largest absolute Gasteiger partial charge is 0.331 e. The molecule has 5 rings (SSSR count). The molecule has 1 saturated carbocycles. The molecule has 158 valence electrons. The molecule has 0 spiro atoms. The van der Waals surface area contributed by atoms with E-state index < -0.39 is 6.43 Å². The Kier molecular flexibility index (Phi) is 4.75. The highest BCUT2D eigenvalue weighted by Crippen LogP contribution is 2.40. The number of aryl methyl sites for hydroxylation is 1. The second kappa shape index (κ2) is 7.45. The predicted molar refractivity (Wildman–Crippen MR) is 105 cm³/mol. The van der Waals surface area contributed by atoms with Crippen LogP contribution in [0.25, 0.3) is 5.65 Å². The summed E-state index contributed by atoms with van der Waals surface area (Å²) in [7, 11) is 1.85. The first kappa shape index (κ1) is 19.1. The Morgan fingerprint density at radius 3 is 2.67 bits per heavy atom. The SMILES string of the molecule is Cn1cc(C2CCCCCN2C(=O)c2cnn3c(C(F)F)cc(C4CC4)nc23)cn1. The lowest BCUT2D eigenvalue weighted by atomic mass is 10.0. The molecule has 3 aromatic rings. The molecule has 0 bridgehead atoms. The first-order valence-corrected chi connectivity index (χ1v) is 10.5. The molecule has 0 radical (unpaired) electrons. The van der Waals surface area contributed by atoms with Gasteiger partial charge in [-0.25, -0.2) is 18.3 Å². The maximum absolute atomic E-state index is 13.7. The third-order valence-corrected chi connectivity index (χ3v) is 6.09. The van der Waals surface area contributed by atoms with Crippen LogP contribution in [0.15, 0.2) is 24.7 Å². The first-order chi connectivity index (χ1) is 14.5. The molecule has 1 saturated heterocycles. The number of carbonyl (C=O) groups is 1. The van der Waals surface area contributed by atoms with Crippen molar-refractivity contribution in [3.63, 3.8) is 0 Å². The standard InChI is InChI=1S/C21H24F2N6O/c1-27-12-14(10-24-27)17-5-3-2-4-8-28(17)21(30)15-11-25-29-18(19(22)23)9-16(13-6-7-13)26-20(15)29/h9-13,17,19H,2-8H2,1H3. The summed E-state index contributed by atoms with van der Waals surface area (Å²) in [5.74, 6) is -0.00639. The molecule has 1 amide bonds. The van der Waals surface area contributed by atoms with Crippen molar-refractivity contribution in [3.8, 4) is 0 Å². The number of likely N-dealkylation sites (tertiary alicyclic amines) is 1. The zero-order valence-electron chi connectivity index (χ0n) is 16.8. The van der Waals surface area contributed by atoms with Gasteiger partial charge >= 0.3 is 0 Å². The van der Waals surface area contributed by atoms with Gasteiger partial charge in [-0.3, -0.25) is 9.48 Å². The van der Waals surface area contributed by atoms with Gasteiger partial charge in [-0.05, 0) is 31.7 Å². The van der Waals surface area contributed by atoms with Crippen LogP contribution in [0, 0.1) is 0 Å². The Morgan fingerprint density at radius 2 is 1.97 bits per heavy atom. The van der Waals surface area contributed by atoms with Crippen LogP contribution in [0.4, 0.5) is 8.78 Å². The normalized spacial score (nSPS) is 20.1. The quantitative estimate of drug-likeness (QED) is 0.646. The second-order valence-corrected chi connectivity index (χ2v) is 8.29. The highest BCUT2D eigenvalue weighted by atomic mass is 19.3. The van der Waals surface area contributed by atoms with Crippen molar-refractivity contribution in [2.75, 3.05) is 6.54 Å². The van der Waals surface area contributed by atoms with Crippen molar-refractivity contribution in [1.29, 1.82) is 0 Å². The summed E-state index contributed by atoms with van der Waals surface area (Å²) in [6.45, 7) is 0.611. The minimum Gasteiger partial charge on any atom is -0.331 e. The number of fused-ring (bicyclic) bond motifs is 1. The first-order valence-electron chi connectivity index (χ1n) is 10.5. The molecule has 2 fully saturated rings. The molecular weight excluding hydrogens is 390 g/mol. The summed E-state index contributed by atoms with van der Waals surface area (Å²) >= 11 is 0. The third kappa shape index (κ3) is 3.36. The fourth-order valence-corrected chi connectivity index (χ4v) is 4.37. The number of alkyl halides is 2. The Morgan fingerprint density at radius 1 is 1.13 bits per heavy atom. The fraction of sp³-hybridized carbons (Fsp3) is 0.524. The van der Waals surface area contributed by atoms with E-state index in [2.05, 4.69) is 15.2 Å². The van der Waals surface area contributed by atoms with Crippen LogP contribution in [-0.2, 0) is 7.05 Å². The number of hydrogen-bond donors (Lipinski definition) is 0. The summed E-state index contributed by atoms with van der Waals surface area (Å²) in [6.07, 6.45) is 8.15. The van der Waals surface area contributed by atoms with Gasteiger partial charge in [-0.1, -0.05) is 12.8 Å². The molecular formula is C21H24F2N6O. The zero-order valence-corrected chi connectivity index (χ0v) is 16.8. The van der Waals surface area contributed by atoms with Crippen LogP contribution in [0.5, 0.6) is 0 Å². The fourth-order valence-electron chi connectivity index (χ4n) is 4.37. The summed E-state index contributed by atoms with van der Waals surface area (Å²) in [5, 5.41) is 8.38. The van der Waals surface area contributed by atoms with Crippen LogP contribution >= 0.6 is 0 Å². The van der Waals surface area contributed by atoms with Gasteiger partial charge in [0, 0.05) is 37.0 Å². The monoisotopic (exact) mass is 414 g/mol. The number of amides is 1. The van der Waals surface area contributed by atoms with Crippen LogP contribution in [-0.4, -0.2) is 41.7 Å². The molecule has 3 aromatic heterocycles. The van der Waals surface area contributed by atoms with E-state index in [1.54, 1.807) is 10.9 Å². The van der Waals surface area contributed by atoms with E-state index >= 15 is 0 Å². The number of aromatic nitrogens is 5. The van der Waals surface area contributed by atoms with E-state index in [1.807, 2.05) is 18.1 Å². The second-order valence-electron chi connectivity index (χ2n) is 8.29. The Balaban J connectivity index is 1.57. The molecule has 7 nitrogen and oxygen atoms in total. The van der Waals surface area contributed by atoms with E-state index in [1.165, 1.54) is 12.3 Å². The van der Waals surface area contributed by atoms with E-state index in [-0.39, 0.29) is 34.8 Å². The number of nitrogens with zero attached hydrogens (tertiary/aromatic N) is 6. The van der Waals surface area contributed by atoms with Gasteiger partial charge in [0.1, 0.15) is 11.3 Å². The van der Waals surface area contributed by atoms with Gasteiger partial charge in [0.05, 0.1) is 18.4 Å². The number of rotatable bonds is 4. The lowest BCUT2D eigenvalue weighted by Gasteiger charge is -2.29. The van der Waals surface area contributed by atoms with E-state index in [0.717, 1.165) is 48.6 Å². The van der Waals surface area contributed by atoms with Gasteiger partial charge < -0.3 is 4.90 Å². The van der Waals surface area contributed by atoms with Crippen LogP contribution < -0.4 is 0 Å². The van der Waals surface area contributed by atoms with E-state index in [0.29, 0.717) is 12.2 Å². The van der Waals surface area contributed by atoms with E-state index in [4.69, 9.17) is 0 Å². The van der Waals surface area contributed by atoms with Crippen molar-refractivity contribution in [2.45, 2.75) is 56.9 Å². The maximum atomic E-state index is 13.7. The predicted octanol–water partition coefficient (Wildman–Crippen LogP) is 4.04. The minimum absolute atomic E-state index is 0.0927. The molecule has 2 aliphatic rings. The zero-order chi connectivity index (χ0) is 20.8. The lowest BCUT2D eigenvalue weighted by molar-refractivity contribution is 0.0682. The summed E-state index contributed by atoms with van der Waals surface area (Å²) < 4.78 is 30.2. The van der Waals surface area contributed by atoms with Crippen LogP contribution in [0.1, 0.15) is 84.2 Å². The van der Waals surface area contributed by atoms with Gasteiger partial charge in [0.15, 0.2) is 5.65 Å². The Bertz CT molecular complexity index is 1090. The third-order valence-electron chi connectivity index (χ3n) is 6.09. The number of hydrogen-bond acceptors (Lipinski definition) is 4.